The van der Waals surface area contributed by atoms with Gasteiger partial charge in [0, 0.05) is 19.0 Å². The molecule has 0 bridgehead atoms. The molecule has 0 atom stereocenters. The molecule has 122 valence electrons. The van der Waals surface area contributed by atoms with Crippen LogP contribution in [0.25, 0.3) is 0 Å². The van der Waals surface area contributed by atoms with Gasteiger partial charge in [-0.3, -0.25) is 9.63 Å². The van der Waals surface area contributed by atoms with E-state index in [1.165, 1.54) is 11.4 Å². The molecule has 0 radical (unpaired) electrons. The van der Waals surface area contributed by atoms with Crippen molar-refractivity contribution in [1.82, 2.24) is 9.79 Å². The molecule has 1 aliphatic heterocycles. The molecule has 1 aromatic rings. The average molecular weight is 326 g/mol. The molecule has 0 unspecified atom stereocenters. The number of nitrogens with zero attached hydrogens (tertiary/aromatic N) is 1. The van der Waals surface area contributed by atoms with E-state index in [9.17, 15) is 13.2 Å². The predicted molar refractivity (Wildman–Crippen MR) is 82.6 cm³/mol. The SMILES string of the molecule is CONC(=O)C1CCN(S(=O)(=O)c2ccc(C)c(C)c2)CC1. The van der Waals surface area contributed by atoms with Crippen LogP contribution >= 0.6 is 0 Å². The van der Waals surface area contributed by atoms with E-state index in [0.717, 1.165) is 11.1 Å². The number of hydrogen-bond donors (Lipinski definition) is 1. The standard InChI is InChI=1S/C15H22N2O4S/c1-11-4-5-14(10-12(11)2)22(19,20)17-8-6-13(7-9-17)15(18)16-21-3/h4-5,10,13H,6-9H2,1-3H3,(H,16,18). The summed E-state index contributed by atoms with van der Waals surface area (Å²) in [5, 5.41) is 0. The molecule has 1 amide bonds. The zero-order chi connectivity index (χ0) is 16.3. The Kier molecular flexibility index (Phi) is 5.20. The highest BCUT2D eigenvalue weighted by Gasteiger charge is 2.32. The maximum atomic E-state index is 12.7. The third-order valence-electron chi connectivity index (χ3n) is 4.14. The monoisotopic (exact) mass is 326 g/mol. The number of aryl methyl sites for hydroxylation is 2. The van der Waals surface area contributed by atoms with E-state index in [-0.39, 0.29) is 11.8 Å². The summed E-state index contributed by atoms with van der Waals surface area (Å²) in [5.41, 5.74) is 4.33. The Balaban J connectivity index is 2.09. The second kappa shape index (κ2) is 6.76. The number of hydroxylamine groups is 1. The fourth-order valence-electron chi connectivity index (χ4n) is 2.57. The highest BCUT2D eigenvalue weighted by Crippen LogP contribution is 2.25. The van der Waals surface area contributed by atoms with Crippen LogP contribution < -0.4 is 5.48 Å². The highest BCUT2D eigenvalue weighted by molar-refractivity contribution is 7.89. The Morgan fingerprint density at radius 2 is 1.86 bits per heavy atom. The van der Waals surface area contributed by atoms with Gasteiger partial charge in [-0.25, -0.2) is 13.9 Å². The van der Waals surface area contributed by atoms with Crippen molar-refractivity contribution >= 4 is 15.9 Å². The number of carbonyl (C=O) groups excluding carboxylic acids is 1. The van der Waals surface area contributed by atoms with Gasteiger partial charge in [-0.15, -0.1) is 0 Å². The summed E-state index contributed by atoms with van der Waals surface area (Å²) in [5.74, 6) is -0.392. The molecule has 0 aromatic heterocycles. The molecule has 1 N–H and O–H groups in total. The van der Waals surface area contributed by atoms with Gasteiger partial charge in [0.25, 0.3) is 0 Å². The van der Waals surface area contributed by atoms with Gasteiger partial charge in [0.05, 0.1) is 12.0 Å². The lowest BCUT2D eigenvalue weighted by Gasteiger charge is -2.30. The van der Waals surface area contributed by atoms with E-state index < -0.39 is 10.0 Å². The highest BCUT2D eigenvalue weighted by atomic mass is 32.2. The summed E-state index contributed by atoms with van der Waals surface area (Å²) in [7, 11) is -2.11. The number of nitrogens with one attached hydrogen (secondary N) is 1. The van der Waals surface area contributed by atoms with Gasteiger partial charge < -0.3 is 0 Å². The van der Waals surface area contributed by atoms with Crippen LogP contribution in [0.5, 0.6) is 0 Å². The zero-order valence-corrected chi connectivity index (χ0v) is 13.9. The van der Waals surface area contributed by atoms with Gasteiger partial charge in [0.1, 0.15) is 0 Å². The minimum absolute atomic E-state index is 0.189. The van der Waals surface area contributed by atoms with Crippen molar-refractivity contribution in [3.8, 4) is 0 Å². The molecule has 1 fully saturated rings. The van der Waals surface area contributed by atoms with Crippen LogP contribution in [-0.4, -0.2) is 38.8 Å². The number of sulfonamides is 1. The number of hydrogen-bond acceptors (Lipinski definition) is 4. The molecule has 0 aliphatic carbocycles. The minimum atomic E-state index is -3.49. The lowest BCUT2D eigenvalue weighted by molar-refractivity contribution is -0.136. The normalized spacial score (nSPS) is 17.4. The smallest absolute Gasteiger partial charge is 0.246 e. The topological polar surface area (TPSA) is 75.7 Å². The molecular formula is C15H22N2O4S. The van der Waals surface area contributed by atoms with E-state index >= 15 is 0 Å². The van der Waals surface area contributed by atoms with Crippen LogP contribution in [0.1, 0.15) is 24.0 Å². The fraction of sp³-hybridized carbons (Fsp3) is 0.533. The van der Waals surface area contributed by atoms with Crippen LogP contribution in [0, 0.1) is 19.8 Å². The Labute approximate surface area is 131 Å². The van der Waals surface area contributed by atoms with Crippen molar-refractivity contribution in [3.05, 3.63) is 29.3 Å². The molecule has 1 aromatic carbocycles. The summed E-state index contributed by atoms with van der Waals surface area (Å²) in [6, 6.07) is 5.16. The van der Waals surface area contributed by atoms with Crippen LogP contribution in [0.4, 0.5) is 0 Å². The quantitative estimate of drug-likeness (QED) is 0.848. The third-order valence-corrected chi connectivity index (χ3v) is 6.04. The van der Waals surface area contributed by atoms with Crippen molar-refractivity contribution in [3.63, 3.8) is 0 Å². The van der Waals surface area contributed by atoms with Gasteiger partial charge in [-0.1, -0.05) is 6.07 Å². The first kappa shape index (κ1) is 16.9. The molecule has 1 heterocycles. The van der Waals surface area contributed by atoms with Crippen molar-refractivity contribution in [2.24, 2.45) is 5.92 Å². The molecule has 0 spiro atoms. The van der Waals surface area contributed by atoms with Gasteiger partial charge >= 0.3 is 0 Å². The fourth-order valence-corrected chi connectivity index (χ4v) is 4.12. The summed E-state index contributed by atoms with van der Waals surface area (Å²) in [6.45, 7) is 4.54. The first-order valence-electron chi connectivity index (χ1n) is 7.26. The molecule has 2 rings (SSSR count). The summed E-state index contributed by atoms with van der Waals surface area (Å²) in [4.78, 5) is 16.6. The molecule has 6 nitrogen and oxygen atoms in total. The van der Waals surface area contributed by atoms with Crippen LogP contribution in [0.15, 0.2) is 23.1 Å². The largest absolute Gasteiger partial charge is 0.277 e. The van der Waals surface area contributed by atoms with Crippen molar-refractivity contribution in [2.45, 2.75) is 31.6 Å². The van der Waals surface area contributed by atoms with E-state index in [1.54, 1.807) is 12.1 Å². The Morgan fingerprint density at radius 3 is 2.41 bits per heavy atom. The first-order valence-corrected chi connectivity index (χ1v) is 8.70. The van der Waals surface area contributed by atoms with E-state index in [4.69, 9.17) is 0 Å². The maximum Gasteiger partial charge on any atom is 0.246 e. The van der Waals surface area contributed by atoms with Gasteiger partial charge in [0.15, 0.2) is 0 Å². The molecular weight excluding hydrogens is 304 g/mol. The van der Waals surface area contributed by atoms with Gasteiger partial charge in [-0.2, -0.15) is 4.31 Å². The first-order chi connectivity index (χ1) is 10.4. The Bertz CT molecular complexity index is 650. The lowest BCUT2D eigenvalue weighted by Crippen LogP contribution is -2.42. The lowest BCUT2D eigenvalue weighted by atomic mass is 9.98. The maximum absolute atomic E-state index is 12.7. The van der Waals surface area contributed by atoms with E-state index in [1.807, 2.05) is 19.9 Å². The van der Waals surface area contributed by atoms with Gasteiger partial charge in [-0.05, 0) is 49.9 Å². The predicted octanol–water partition coefficient (Wildman–Crippen LogP) is 1.38. The molecule has 22 heavy (non-hydrogen) atoms. The van der Waals surface area contributed by atoms with Crippen molar-refractivity contribution in [2.75, 3.05) is 20.2 Å². The summed E-state index contributed by atoms with van der Waals surface area (Å²) < 4.78 is 26.8. The number of rotatable bonds is 4. The average Bonchev–Trinajstić information content (AvgIpc) is 2.50. The molecule has 1 saturated heterocycles. The van der Waals surface area contributed by atoms with E-state index in [0.29, 0.717) is 30.8 Å². The molecule has 7 heteroatoms. The Hall–Kier alpha value is -1.44. The van der Waals surface area contributed by atoms with Crippen LogP contribution in [-0.2, 0) is 19.7 Å². The number of carbonyl (C=O) groups is 1. The number of amides is 1. The zero-order valence-electron chi connectivity index (χ0n) is 13.1. The Morgan fingerprint density at radius 1 is 1.23 bits per heavy atom. The molecule has 1 aliphatic rings. The van der Waals surface area contributed by atoms with Crippen molar-refractivity contribution in [1.29, 1.82) is 0 Å². The number of benzene rings is 1. The summed E-state index contributed by atoms with van der Waals surface area (Å²) in [6.07, 6.45) is 0.999. The second-order valence-corrected chi connectivity index (χ2v) is 7.53. The van der Waals surface area contributed by atoms with Crippen LogP contribution in [0.3, 0.4) is 0 Å². The molecule has 0 saturated carbocycles. The minimum Gasteiger partial charge on any atom is -0.277 e. The summed E-state index contributed by atoms with van der Waals surface area (Å²) >= 11 is 0. The third kappa shape index (κ3) is 3.48. The van der Waals surface area contributed by atoms with E-state index in [2.05, 4.69) is 10.3 Å². The second-order valence-electron chi connectivity index (χ2n) is 5.59. The van der Waals surface area contributed by atoms with Gasteiger partial charge in [0.2, 0.25) is 15.9 Å². The number of piperidine rings is 1. The van der Waals surface area contributed by atoms with Crippen molar-refractivity contribution < 1.29 is 18.0 Å². The van der Waals surface area contributed by atoms with Crippen LogP contribution in [0.2, 0.25) is 0 Å².